The molecule has 0 saturated heterocycles. The zero-order valence-corrected chi connectivity index (χ0v) is 10.5. The molecular formula is C15H14N2O. The van der Waals surface area contributed by atoms with Crippen molar-refractivity contribution < 1.29 is 4.79 Å². The summed E-state index contributed by atoms with van der Waals surface area (Å²) in [4.78, 5) is 19.0. The summed E-state index contributed by atoms with van der Waals surface area (Å²) >= 11 is 0. The van der Waals surface area contributed by atoms with Crippen LogP contribution in [0.4, 0.5) is 0 Å². The van der Waals surface area contributed by atoms with Gasteiger partial charge in [0.2, 0.25) is 0 Å². The van der Waals surface area contributed by atoms with Crippen molar-refractivity contribution in [3.63, 3.8) is 0 Å². The number of para-hydroxylation sites is 1. The van der Waals surface area contributed by atoms with Gasteiger partial charge in [-0.1, -0.05) is 24.3 Å². The van der Waals surface area contributed by atoms with Crippen molar-refractivity contribution in [2.24, 2.45) is 4.99 Å². The lowest BCUT2D eigenvalue weighted by atomic mass is 9.94. The molecule has 1 aliphatic carbocycles. The van der Waals surface area contributed by atoms with Gasteiger partial charge in [-0.2, -0.15) is 0 Å². The summed E-state index contributed by atoms with van der Waals surface area (Å²) in [5, 5.41) is 1.85. The van der Waals surface area contributed by atoms with Crippen molar-refractivity contribution in [2.75, 3.05) is 20.6 Å². The summed E-state index contributed by atoms with van der Waals surface area (Å²) in [7, 11) is 3.93. The fraction of sp³-hybridized carbons (Fsp3) is 0.200. The zero-order chi connectivity index (χ0) is 12.7. The topological polar surface area (TPSA) is 32.7 Å². The first-order valence-corrected chi connectivity index (χ1v) is 5.95. The Morgan fingerprint density at radius 1 is 1.17 bits per heavy atom. The normalized spacial score (nSPS) is 17.1. The molecule has 0 amide bonds. The van der Waals surface area contributed by atoms with Gasteiger partial charge in [-0.3, -0.25) is 4.79 Å². The Bertz CT molecular complexity index is 708. The molecule has 0 spiro atoms. The van der Waals surface area contributed by atoms with Crippen LogP contribution >= 0.6 is 0 Å². The first-order chi connectivity index (χ1) is 8.66. The highest BCUT2D eigenvalue weighted by Gasteiger charge is 2.25. The van der Waals surface area contributed by atoms with E-state index in [1.165, 1.54) is 0 Å². The van der Waals surface area contributed by atoms with Gasteiger partial charge in [0, 0.05) is 17.3 Å². The molecule has 0 unspecified atom stereocenters. The molecule has 1 heterocycles. The van der Waals surface area contributed by atoms with E-state index in [0.717, 1.165) is 27.4 Å². The molecule has 18 heavy (non-hydrogen) atoms. The molecule has 1 aliphatic heterocycles. The molecule has 0 fully saturated rings. The SMILES string of the molecule is CN(C)CC1=CC=C2N=c3ccccc3=C2C1=O. The van der Waals surface area contributed by atoms with Crippen LogP contribution in [0.5, 0.6) is 0 Å². The van der Waals surface area contributed by atoms with Crippen LogP contribution in [0.15, 0.2) is 52.7 Å². The number of allylic oxidation sites excluding steroid dienone is 3. The number of rotatable bonds is 2. The van der Waals surface area contributed by atoms with Crippen LogP contribution < -0.4 is 10.6 Å². The van der Waals surface area contributed by atoms with Gasteiger partial charge in [0.15, 0.2) is 5.78 Å². The lowest BCUT2D eigenvalue weighted by molar-refractivity contribution is -0.110. The summed E-state index contributed by atoms with van der Waals surface area (Å²) in [5.74, 6) is 0.106. The molecule has 0 atom stereocenters. The Balaban J connectivity index is 2.16. The van der Waals surface area contributed by atoms with Crippen molar-refractivity contribution in [1.82, 2.24) is 4.90 Å². The van der Waals surface area contributed by atoms with E-state index in [1.54, 1.807) is 0 Å². The summed E-state index contributed by atoms with van der Waals surface area (Å²) in [6.45, 7) is 0.661. The number of fused-ring (bicyclic) bond motifs is 2. The lowest BCUT2D eigenvalue weighted by Crippen LogP contribution is -2.28. The number of hydrogen-bond donors (Lipinski definition) is 0. The molecule has 2 aliphatic rings. The third-order valence-electron chi connectivity index (χ3n) is 3.12. The van der Waals surface area contributed by atoms with Crippen LogP contribution in [-0.4, -0.2) is 31.3 Å². The maximum absolute atomic E-state index is 12.5. The second-order valence-electron chi connectivity index (χ2n) is 4.81. The number of ketones is 1. The molecule has 0 bridgehead atoms. The molecule has 0 N–H and O–H groups in total. The maximum Gasteiger partial charge on any atom is 0.193 e. The first kappa shape index (κ1) is 11.1. The number of carbonyl (C=O) groups excluding carboxylic acids is 1. The number of nitrogens with zero attached hydrogens (tertiary/aromatic N) is 2. The summed E-state index contributed by atoms with van der Waals surface area (Å²) in [6.07, 6.45) is 3.83. The van der Waals surface area contributed by atoms with E-state index in [-0.39, 0.29) is 5.78 Å². The average Bonchev–Trinajstić information content (AvgIpc) is 2.71. The van der Waals surface area contributed by atoms with E-state index in [0.29, 0.717) is 6.54 Å². The monoisotopic (exact) mass is 238 g/mol. The summed E-state index contributed by atoms with van der Waals surface area (Å²) in [6, 6.07) is 7.80. The largest absolute Gasteiger partial charge is 0.305 e. The molecule has 0 saturated carbocycles. The summed E-state index contributed by atoms with van der Waals surface area (Å²) < 4.78 is 0. The quantitative estimate of drug-likeness (QED) is 0.748. The maximum atomic E-state index is 12.5. The highest BCUT2D eigenvalue weighted by molar-refractivity contribution is 6.29. The highest BCUT2D eigenvalue weighted by atomic mass is 16.1. The van der Waals surface area contributed by atoms with Gasteiger partial charge < -0.3 is 4.90 Å². The van der Waals surface area contributed by atoms with Gasteiger partial charge in [0.1, 0.15) is 0 Å². The van der Waals surface area contributed by atoms with Crippen LogP contribution in [-0.2, 0) is 4.79 Å². The molecule has 0 radical (unpaired) electrons. The van der Waals surface area contributed by atoms with Gasteiger partial charge >= 0.3 is 0 Å². The Labute approximate surface area is 105 Å². The van der Waals surface area contributed by atoms with E-state index in [9.17, 15) is 4.79 Å². The van der Waals surface area contributed by atoms with E-state index < -0.39 is 0 Å². The summed E-state index contributed by atoms with van der Waals surface area (Å²) in [5.41, 5.74) is 2.37. The van der Waals surface area contributed by atoms with Crippen molar-refractivity contribution in [2.45, 2.75) is 0 Å². The molecular weight excluding hydrogens is 224 g/mol. The van der Waals surface area contributed by atoms with Crippen LogP contribution in [0.1, 0.15) is 0 Å². The van der Waals surface area contributed by atoms with E-state index in [4.69, 9.17) is 0 Å². The average molecular weight is 238 g/mol. The van der Waals surface area contributed by atoms with Crippen LogP contribution in [0.2, 0.25) is 0 Å². The third-order valence-corrected chi connectivity index (χ3v) is 3.12. The number of benzene rings is 1. The highest BCUT2D eigenvalue weighted by Crippen LogP contribution is 2.23. The van der Waals surface area contributed by atoms with Crippen molar-refractivity contribution in [3.05, 3.63) is 58.3 Å². The van der Waals surface area contributed by atoms with Crippen LogP contribution in [0.3, 0.4) is 0 Å². The van der Waals surface area contributed by atoms with Gasteiger partial charge in [-0.15, -0.1) is 0 Å². The lowest BCUT2D eigenvalue weighted by Gasteiger charge is -2.16. The van der Waals surface area contributed by atoms with Crippen molar-refractivity contribution >= 4 is 11.4 Å². The van der Waals surface area contributed by atoms with Gasteiger partial charge in [0.05, 0.1) is 16.6 Å². The van der Waals surface area contributed by atoms with Gasteiger partial charge in [-0.05, 0) is 26.2 Å². The second kappa shape index (κ2) is 4.03. The Morgan fingerprint density at radius 3 is 2.72 bits per heavy atom. The van der Waals surface area contributed by atoms with Crippen LogP contribution in [0, 0.1) is 0 Å². The molecule has 1 aromatic carbocycles. The fourth-order valence-corrected chi connectivity index (χ4v) is 2.35. The predicted octanol–water partition coefficient (Wildman–Crippen LogP) is 0.425. The minimum absolute atomic E-state index is 0.106. The van der Waals surface area contributed by atoms with E-state index in [1.807, 2.05) is 55.4 Å². The van der Waals surface area contributed by atoms with Crippen molar-refractivity contribution in [3.8, 4) is 0 Å². The standard InChI is InChI=1S/C15H14N2O/c1-17(2)9-10-7-8-13-14(15(10)18)11-5-3-4-6-12(11)16-13/h3-8H,9H2,1-2H3. The third kappa shape index (κ3) is 1.64. The van der Waals surface area contributed by atoms with Crippen LogP contribution in [0.25, 0.3) is 5.57 Å². The molecule has 3 rings (SSSR count). The Kier molecular flexibility index (Phi) is 2.49. The van der Waals surface area contributed by atoms with Gasteiger partial charge in [0.25, 0.3) is 0 Å². The second-order valence-corrected chi connectivity index (χ2v) is 4.81. The molecule has 3 nitrogen and oxygen atoms in total. The minimum Gasteiger partial charge on any atom is -0.305 e. The fourth-order valence-electron chi connectivity index (χ4n) is 2.35. The zero-order valence-electron chi connectivity index (χ0n) is 10.5. The Hall–Kier alpha value is -2.00. The predicted molar refractivity (Wildman–Crippen MR) is 70.4 cm³/mol. The molecule has 90 valence electrons. The van der Waals surface area contributed by atoms with E-state index >= 15 is 0 Å². The van der Waals surface area contributed by atoms with Gasteiger partial charge in [-0.25, -0.2) is 4.99 Å². The number of likely N-dealkylation sites (N-methyl/N-ethyl adjacent to an activating group) is 1. The van der Waals surface area contributed by atoms with Crippen molar-refractivity contribution in [1.29, 1.82) is 0 Å². The molecule has 0 aromatic heterocycles. The number of carbonyl (C=O) groups is 1. The smallest absolute Gasteiger partial charge is 0.193 e. The van der Waals surface area contributed by atoms with E-state index in [2.05, 4.69) is 4.99 Å². The number of hydrogen-bond acceptors (Lipinski definition) is 3. The molecule has 1 aromatic rings. The molecule has 3 heteroatoms. The minimum atomic E-state index is 0.106. The number of Topliss-reactive ketones (excluding diaryl/α,β-unsaturated/α-hetero) is 1. The first-order valence-electron chi connectivity index (χ1n) is 5.95. The Morgan fingerprint density at radius 2 is 1.94 bits per heavy atom.